The van der Waals surface area contributed by atoms with Crippen LogP contribution >= 0.6 is 0 Å². The van der Waals surface area contributed by atoms with E-state index in [0.29, 0.717) is 12.1 Å². The van der Waals surface area contributed by atoms with Gasteiger partial charge in [0.05, 0.1) is 25.3 Å². The van der Waals surface area contributed by atoms with Gasteiger partial charge in [-0.15, -0.1) is 0 Å². The van der Waals surface area contributed by atoms with Crippen molar-refractivity contribution in [2.24, 2.45) is 0 Å². The molecule has 0 amide bonds. The summed E-state index contributed by atoms with van der Waals surface area (Å²) in [6.45, 7) is 4.01. The van der Waals surface area contributed by atoms with E-state index in [2.05, 4.69) is 36.1 Å². The third kappa shape index (κ3) is 1.44. The summed E-state index contributed by atoms with van der Waals surface area (Å²) in [5, 5.41) is 0. The van der Waals surface area contributed by atoms with Gasteiger partial charge in [-0.3, -0.25) is 0 Å². The molecule has 2 nitrogen and oxygen atoms in total. The first-order chi connectivity index (χ1) is 7.38. The standard InChI is InChI=1S/C13H17NO/c1-2-10-3-5-11(6-4-10)14-12-7-13(14)9-15-8-12/h3-6,12-13H,2,7-9H2,1H3. The van der Waals surface area contributed by atoms with Crippen LogP contribution < -0.4 is 4.90 Å². The lowest BCUT2D eigenvalue weighted by Crippen LogP contribution is -2.64. The van der Waals surface area contributed by atoms with Crippen LogP contribution in [0.1, 0.15) is 18.9 Å². The third-order valence-corrected chi connectivity index (χ3v) is 3.59. The number of ether oxygens (including phenoxy) is 1. The van der Waals surface area contributed by atoms with Crippen molar-refractivity contribution in [2.45, 2.75) is 31.8 Å². The molecule has 80 valence electrons. The number of aryl methyl sites for hydroxylation is 1. The molecule has 0 spiro atoms. The Morgan fingerprint density at radius 2 is 1.87 bits per heavy atom. The van der Waals surface area contributed by atoms with Crippen LogP contribution in [0.3, 0.4) is 0 Å². The average molecular weight is 203 g/mol. The van der Waals surface area contributed by atoms with Crippen LogP contribution in [-0.4, -0.2) is 25.3 Å². The van der Waals surface area contributed by atoms with Gasteiger partial charge >= 0.3 is 0 Å². The van der Waals surface area contributed by atoms with Crippen LogP contribution in [0.5, 0.6) is 0 Å². The highest BCUT2D eigenvalue weighted by Crippen LogP contribution is 2.35. The number of fused-ring (bicyclic) bond motifs is 2. The topological polar surface area (TPSA) is 12.5 Å². The molecular formula is C13H17NO. The summed E-state index contributed by atoms with van der Waals surface area (Å²) >= 11 is 0. The van der Waals surface area contributed by atoms with Crippen molar-refractivity contribution in [2.75, 3.05) is 18.1 Å². The zero-order valence-corrected chi connectivity index (χ0v) is 9.15. The smallest absolute Gasteiger partial charge is 0.0671 e. The van der Waals surface area contributed by atoms with E-state index >= 15 is 0 Å². The first-order valence-electron chi connectivity index (χ1n) is 5.83. The zero-order valence-electron chi connectivity index (χ0n) is 9.15. The molecule has 2 saturated heterocycles. The summed E-state index contributed by atoms with van der Waals surface area (Å²) in [6.07, 6.45) is 2.44. The molecule has 1 aromatic carbocycles. The molecule has 2 atom stereocenters. The van der Waals surface area contributed by atoms with Gasteiger partial charge in [0.1, 0.15) is 0 Å². The summed E-state index contributed by atoms with van der Waals surface area (Å²) in [5.41, 5.74) is 2.79. The van der Waals surface area contributed by atoms with Gasteiger partial charge in [0.2, 0.25) is 0 Å². The van der Waals surface area contributed by atoms with Gasteiger partial charge in [0.15, 0.2) is 0 Å². The van der Waals surface area contributed by atoms with Crippen molar-refractivity contribution in [1.29, 1.82) is 0 Å². The molecule has 2 unspecified atom stereocenters. The van der Waals surface area contributed by atoms with Crippen LogP contribution in [0.2, 0.25) is 0 Å². The second kappa shape index (κ2) is 3.53. The highest BCUT2D eigenvalue weighted by molar-refractivity contribution is 5.53. The Kier molecular flexibility index (Phi) is 2.17. The number of hydrogen-bond donors (Lipinski definition) is 0. The molecule has 2 aliphatic heterocycles. The normalized spacial score (nSPS) is 28.7. The summed E-state index contributed by atoms with van der Waals surface area (Å²) in [7, 11) is 0. The lowest BCUT2D eigenvalue weighted by atomic mass is 9.90. The number of nitrogens with zero attached hydrogens (tertiary/aromatic N) is 1. The Bertz CT molecular complexity index is 332. The van der Waals surface area contributed by atoms with Gasteiger partial charge in [-0.25, -0.2) is 0 Å². The fraction of sp³-hybridized carbons (Fsp3) is 0.538. The minimum atomic E-state index is 0.635. The maximum absolute atomic E-state index is 5.49. The predicted molar refractivity (Wildman–Crippen MR) is 61.3 cm³/mol. The summed E-state index contributed by atoms with van der Waals surface area (Å²) in [6, 6.07) is 10.3. The molecule has 3 rings (SSSR count). The van der Waals surface area contributed by atoms with Crippen molar-refractivity contribution in [3.63, 3.8) is 0 Å². The molecule has 0 aliphatic carbocycles. The molecule has 0 N–H and O–H groups in total. The molecule has 2 heteroatoms. The van der Waals surface area contributed by atoms with Gasteiger partial charge in [-0.2, -0.15) is 0 Å². The van der Waals surface area contributed by atoms with Crippen molar-refractivity contribution in [1.82, 2.24) is 0 Å². The molecule has 2 heterocycles. The Labute approximate surface area is 90.8 Å². The van der Waals surface area contributed by atoms with Gasteiger partial charge < -0.3 is 9.64 Å². The van der Waals surface area contributed by atoms with Crippen LogP contribution in [0, 0.1) is 0 Å². The van der Waals surface area contributed by atoms with Gasteiger partial charge in [0.25, 0.3) is 0 Å². The highest BCUT2D eigenvalue weighted by Gasteiger charge is 2.42. The second-order valence-electron chi connectivity index (χ2n) is 4.51. The van der Waals surface area contributed by atoms with Crippen LogP contribution in [0.4, 0.5) is 5.69 Å². The Morgan fingerprint density at radius 1 is 1.20 bits per heavy atom. The van der Waals surface area contributed by atoms with E-state index in [0.717, 1.165) is 19.6 Å². The van der Waals surface area contributed by atoms with Crippen molar-refractivity contribution in [3.05, 3.63) is 29.8 Å². The molecular weight excluding hydrogens is 186 g/mol. The van der Waals surface area contributed by atoms with E-state index in [-0.39, 0.29) is 0 Å². The summed E-state index contributed by atoms with van der Waals surface area (Å²) in [5.74, 6) is 0. The van der Waals surface area contributed by atoms with E-state index in [9.17, 15) is 0 Å². The molecule has 0 aromatic heterocycles. The summed E-state index contributed by atoms with van der Waals surface area (Å²) < 4.78 is 5.49. The van der Waals surface area contributed by atoms with E-state index in [1.54, 1.807) is 0 Å². The SMILES string of the molecule is CCc1ccc(N2C3COCC2C3)cc1. The quantitative estimate of drug-likeness (QED) is 0.731. The van der Waals surface area contributed by atoms with Gasteiger partial charge in [0, 0.05) is 5.69 Å². The third-order valence-electron chi connectivity index (χ3n) is 3.59. The minimum Gasteiger partial charge on any atom is -0.377 e. The molecule has 0 saturated carbocycles. The fourth-order valence-electron chi connectivity index (χ4n) is 2.66. The lowest BCUT2D eigenvalue weighted by Gasteiger charge is -2.53. The van der Waals surface area contributed by atoms with Crippen molar-refractivity contribution >= 4 is 5.69 Å². The van der Waals surface area contributed by atoms with E-state index in [4.69, 9.17) is 4.74 Å². The van der Waals surface area contributed by atoms with E-state index in [1.165, 1.54) is 17.7 Å². The average Bonchev–Trinajstić information content (AvgIpc) is 2.31. The van der Waals surface area contributed by atoms with Crippen molar-refractivity contribution in [3.8, 4) is 0 Å². The number of hydrogen-bond acceptors (Lipinski definition) is 2. The maximum Gasteiger partial charge on any atom is 0.0671 e. The number of anilines is 1. The van der Waals surface area contributed by atoms with Gasteiger partial charge in [-0.05, 0) is 30.5 Å². The molecule has 15 heavy (non-hydrogen) atoms. The monoisotopic (exact) mass is 203 g/mol. The van der Waals surface area contributed by atoms with Crippen LogP contribution in [0.15, 0.2) is 24.3 Å². The Balaban J connectivity index is 1.81. The summed E-state index contributed by atoms with van der Waals surface area (Å²) in [4.78, 5) is 2.52. The van der Waals surface area contributed by atoms with Crippen LogP contribution in [-0.2, 0) is 11.2 Å². The number of benzene rings is 1. The van der Waals surface area contributed by atoms with Crippen LogP contribution in [0.25, 0.3) is 0 Å². The zero-order chi connectivity index (χ0) is 10.3. The van der Waals surface area contributed by atoms with E-state index < -0.39 is 0 Å². The first-order valence-corrected chi connectivity index (χ1v) is 5.83. The van der Waals surface area contributed by atoms with E-state index in [1.807, 2.05) is 0 Å². The molecule has 2 fully saturated rings. The largest absolute Gasteiger partial charge is 0.377 e. The highest BCUT2D eigenvalue weighted by atomic mass is 16.5. The predicted octanol–water partition coefficient (Wildman–Crippen LogP) is 2.23. The Morgan fingerprint density at radius 3 is 2.40 bits per heavy atom. The maximum atomic E-state index is 5.49. The Hall–Kier alpha value is -1.02. The van der Waals surface area contributed by atoms with Gasteiger partial charge in [-0.1, -0.05) is 19.1 Å². The van der Waals surface area contributed by atoms with Crippen molar-refractivity contribution < 1.29 is 4.74 Å². The lowest BCUT2D eigenvalue weighted by molar-refractivity contribution is 0.0103. The molecule has 2 aliphatic rings. The molecule has 2 bridgehead atoms. The molecule has 0 radical (unpaired) electrons. The number of rotatable bonds is 2. The first kappa shape index (κ1) is 9.22. The number of morpholine rings is 1. The minimum absolute atomic E-state index is 0.635. The fourth-order valence-corrected chi connectivity index (χ4v) is 2.66. The molecule has 1 aromatic rings. The second-order valence-corrected chi connectivity index (χ2v) is 4.51.